The standard InChI is InChI=1S/C17H10O5S3/c18-16(19)12-3-1-2-4-13(12)22-17(20)21-11-7-5-10(6-8-11)14-9-15(23)25-24-14/h1-9H,(H,18,19). The zero-order valence-electron chi connectivity index (χ0n) is 12.5. The van der Waals surface area contributed by atoms with Gasteiger partial charge in [0.15, 0.2) is 0 Å². The van der Waals surface area contributed by atoms with Crippen LogP contribution >= 0.6 is 32.9 Å². The van der Waals surface area contributed by atoms with Crippen LogP contribution in [-0.4, -0.2) is 17.2 Å². The summed E-state index contributed by atoms with van der Waals surface area (Å²) in [5, 5.41) is 9.07. The number of hydrogen-bond donors (Lipinski definition) is 1. The summed E-state index contributed by atoms with van der Waals surface area (Å²) in [6, 6.07) is 14.6. The van der Waals surface area contributed by atoms with Crippen molar-refractivity contribution >= 4 is 45.0 Å². The zero-order valence-corrected chi connectivity index (χ0v) is 15.0. The lowest BCUT2D eigenvalue weighted by molar-refractivity contribution is 0.0693. The van der Waals surface area contributed by atoms with Gasteiger partial charge < -0.3 is 14.6 Å². The van der Waals surface area contributed by atoms with Gasteiger partial charge >= 0.3 is 12.1 Å². The van der Waals surface area contributed by atoms with Crippen LogP contribution in [-0.2, 0) is 0 Å². The Hall–Kier alpha value is -2.55. The highest BCUT2D eigenvalue weighted by Crippen LogP contribution is 2.30. The number of aromatic carboxylic acids is 1. The summed E-state index contributed by atoms with van der Waals surface area (Å²) in [6.07, 6.45) is -1.01. The average Bonchev–Trinajstić information content (AvgIpc) is 3.02. The quantitative estimate of drug-likeness (QED) is 0.275. The molecule has 25 heavy (non-hydrogen) atoms. The number of carbonyl (C=O) groups is 2. The van der Waals surface area contributed by atoms with E-state index < -0.39 is 12.1 Å². The molecule has 0 aliphatic carbocycles. The first-order chi connectivity index (χ1) is 12.0. The van der Waals surface area contributed by atoms with Crippen LogP contribution in [0.5, 0.6) is 11.5 Å². The molecule has 1 aromatic heterocycles. The van der Waals surface area contributed by atoms with Gasteiger partial charge in [-0.15, -0.1) is 0 Å². The van der Waals surface area contributed by atoms with E-state index in [1.54, 1.807) is 46.7 Å². The minimum Gasteiger partial charge on any atom is -0.478 e. The number of carbonyl (C=O) groups excluding carboxylic acids is 1. The van der Waals surface area contributed by atoms with E-state index in [2.05, 4.69) is 0 Å². The van der Waals surface area contributed by atoms with Crippen LogP contribution in [0.25, 0.3) is 10.4 Å². The van der Waals surface area contributed by atoms with Crippen molar-refractivity contribution in [3.8, 4) is 21.9 Å². The molecule has 0 aliphatic rings. The van der Waals surface area contributed by atoms with E-state index in [9.17, 15) is 9.59 Å². The fraction of sp³-hybridized carbons (Fsp3) is 0. The van der Waals surface area contributed by atoms with Crippen LogP contribution in [0.2, 0.25) is 0 Å². The molecule has 1 heterocycles. The fourth-order valence-corrected chi connectivity index (χ4v) is 4.40. The molecule has 3 rings (SSSR count). The van der Waals surface area contributed by atoms with Crippen molar-refractivity contribution in [2.24, 2.45) is 0 Å². The molecule has 0 amide bonds. The second-order valence-corrected chi connectivity index (χ2v) is 7.69. The maximum atomic E-state index is 11.9. The molecule has 0 unspecified atom stereocenters. The van der Waals surface area contributed by atoms with Crippen LogP contribution in [0.3, 0.4) is 0 Å². The topological polar surface area (TPSA) is 72.8 Å². The molecule has 0 bridgehead atoms. The van der Waals surface area contributed by atoms with Crippen LogP contribution in [0.4, 0.5) is 4.79 Å². The summed E-state index contributed by atoms with van der Waals surface area (Å²) in [6.45, 7) is 0. The molecular formula is C17H10O5S3. The number of rotatable bonds is 4. The third kappa shape index (κ3) is 4.30. The van der Waals surface area contributed by atoms with Gasteiger partial charge in [-0.05, 0) is 48.0 Å². The van der Waals surface area contributed by atoms with Gasteiger partial charge in [0.05, 0.1) is 0 Å². The van der Waals surface area contributed by atoms with Crippen molar-refractivity contribution in [1.29, 1.82) is 0 Å². The van der Waals surface area contributed by atoms with Crippen LogP contribution in [0.1, 0.15) is 10.4 Å². The van der Waals surface area contributed by atoms with Gasteiger partial charge in [-0.3, -0.25) is 0 Å². The first-order valence-corrected chi connectivity index (χ1v) is 9.51. The van der Waals surface area contributed by atoms with Gasteiger partial charge in [0.25, 0.3) is 0 Å². The third-order valence-electron chi connectivity index (χ3n) is 3.11. The molecule has 0 atom stereocenters. The Kier molecular flexibility index (Phi) is 5.22. The molecule has 0 fully saturated rings. The Bertz CT molecular complexity index is 972. The number of hydrogen-bond acceptors (Lipinski definition) is 7. The molecule has 8 heteroatoms. The highest BCUT2D eigenvalue weighted by molar-refractivity contribution is 7.80. The van der Waals surface area contributed by atoms with Gasteiger partial charge in [0, 0.05) is 4.88 Å². The molecule has 0 spiro atoms. The predicted molar refractivity (Wildman–Crippen MR) is 98.5 cm³/mol. The average molecular weight is 390 g/mol. The molecule has 2 aromatic carbocycles. The second kappa shape index (κ2) is 7.56. The lowest BCUT2D eigenvalue weighted by Gasteiger charge is -2.08. The summed E-state index contributed by atoms with van der Waals surface area (Å²) in [4.78, 5) is 24.0. The van der Waals surface area contributed by atoms with Crippen molar-refractivity contribution in [1.82, 2.24) is 0 Å². The van der Waals surface area contributed by atoms with Crippen molar-refractivity contribution in [3.63, 3.8) is 0 Å². The Balaban J connectivity index is 1.69. The van der Waals surface area contributed by atoms with Gasteiger partial charge in [0.1, 0.15) is 20.9 Å². The van der Waals surface area contributed by atoms with E-state index in [0.29, 0.717) is 5.75 Å². The predicted octanol–water partition coefficient (Wildman–Crippen LogP) is 5.48. The van der Waals surface area contributed by atoms with Crippen molar-refractivity contribution in [2.75, 3.05) is 0 Å². The van der Waals surface area contributed by atoms with Crippen molar-refractivity contribution in [3.05, 3.63) is 64.0 Å². The largest absolute Gasteiger partial charge is 0.519 e. The molecule has 0 radical (unpaired) electrons. The van der Waals surface area contributed by atoms with Crippen LogP contribution < -0.4 is 9.47 Å². The number of para-hydroxylation sites is 1. The Labute approximate surface area is 155 Å². The summed E-state index contributed by atoms with van der Waals surface area (Å²) < 4.78 is 10.9. The van der Waals surface area contributed by atoms with Gasteiger partial charge in [-0.1, -0.05) is 45.0 Å². The number of ether oxygens (including phenoxy) is 2. The highest BCUT2D eigenvalue weighted by atomic mass is 32.9. The van der Waals surface area contributed by atoms with E-state index in [1.807, 2.05) is 6.07 Å². The first-order valence-electron chi connectivity index (χ1n) is 6.95. The first kappa shape index (κ1) is 17.3. The molecule has 5 nitrogen and oxygen atoms in total. The van der Waals surface area contributed by atoms with Crippen molar-refractivity contribution < 1.29 is 24.2 Å². The number of carboxylic acid groups (broad SMARTS) is 1. The Morgan fingerprint density at radius 3 is 2.32 bits per heavy atom. The molecule has 0 saturated heterocycles. The van der Waals surface area contributed by atoms with E-state index in [-0.39, 0.29) is 11.3 Å². The van der Waals surface area contributed by atoms with Gasteiger partial charge in [-0.25, -0.2) is 9.59 Å². The normalized spacial score (nSPS) is 10.2. The third-order valence-corrected chi connectivity index (χ3v) is 6.02. The molecule has 126 valence electrons. The molecule has 0 aliphatic heterocycles. The molecule has 0 saturated carbocycles. The minimum atomic E-state index is -1.19. The number of carboxylic acids is 1. The van der Waals surface area contributed by atoms with Crippen molar-refractivity contribution in [2.45, 2.75) is 0 Å². The number of benzene rings is 2. The van der Waals surface area contributed by atoms with Gasteiger partial charge in [-0.2, -0.15) is 0 Å². The Morgan fingerprint density at radius 1 is 0.960 bits per heavy atom. The molecular weight excluding hydrogens is 380 g/mol. The second-order valence-electron chi connectivity index (χ2n) is 4.77. The lowest BCUT2D eigenvalue weighted by atomic mass is 10.2. The zero-order chi connectivity index (χ0) is 17.8. The maximum Gasteiger partial charge on any atom is 0.519 e. The van der Waals surface area contributed by atoms with E-state index >= 15 is 0 Å². The highest BCUT2D eigenvalue weighted by Gasteiger charge is 2.15. The summed E-state index contributed by atoms with van der Waals surface area (Å²) in [5.74, 6) is -0.971. The van der Waals surface area contributed by atoms with E-state index in [1.165, 1.54) is 22.5 Å². The summed E-state index contributed by atoms with van der Waals surface area (Å²) in [5.41, 5.74) is 0.850. The smallest absolute Gasteiger partial charge is 0.478 e. The van der Waals surface area contributed by atoms with Gasteiger partial charge in [0.2, 0.25) is 0 Å². The molecule has 3 aromatic rings. The summed E-state index contributed by atoms with van der Waals surface area (Å²) in [7, 11) is 3.10. The monoisotopic (exact) mass is 390 g/mol. The maximum absolute atomic E-state index is 11.9. The Morgan fingerprint density at radius 2 is 1.68 bits per heavy atom. The van der Waals surface area contributed by atoms with E-state index in [4.69, 9.17) is 26.8 Å². The van der Waals surface area contributed by atoms with Crippen LogP contribution in [0.15, 0.2) is 54.6 Å². The summed E-state index contributed by atoms with van der Waals surface area (Å²) >= 11 is 5.11. The minimum absolute atomic E-state index is 0.0744. The molecule has 1 N–H and O–H groups in total. The SMILES string of the molecule is O=C(Oc1ccc(-c2cc(=S)ss2)cc1)Oc1ccccc1C(=O)O. The lowest BCUT2D eigenvalue weighted by Crippen LogP contribution is -2.15. The fourth-order valence-electron chi connectivity index (χ4n) is 2.00. The van der Waals surface area contributed by atoms with E-state index in [0.717, 1.165) is 14.3 Å². The van der Waals surface area contributed by atoms with Crippen LogP contribution in [0, 0.1) is 3.82 Å².